The quantitative estimate of drug-likeness (QED) is 0.408. The van der Waals surface area contributed by atoms with Gasteiger partial charge in [0.05, 0.1) is 0 Å². The molecule has 0 aliphatic carbocycles. The summed E-state index contributed by atoms with van der Waals surface area (Å²) in [4.78, 5) is 3.93. The van der Waals surface area contributed by atoms with E-state index in [-0.39, 0.29) is 0 Å². The molecule has 0 saturated carbocycles. The summed E-state index contributed by atoms with van der Waals surface area (Å²) in [7, 11) is 0. The smallest absolute Gasteiger partial charge is 0.107 e. The highest BCUT2D eigenvalue weighted by molar-refractivity contribution is 4.84. The SMILES string of the molecule is C[CH]C(C)(CC)O[O]. The first-order valence-electron chi connectivity index (χ1n) is 2.80. The van der Waals surface area contributed by atoms with E-state index < -0.39 is 5.60 Å². The summed E-state index contributed by atoms with van der Waals surface area (Å²) in [6, 6.07) is 0. The van der Waals surface area contributed by atoms with Crippen molar-refractivity contribution in [3.8, 4) is 0 Å². The van der Waals surface area contributed by atoms with Crippen molar-refractivity contribution < 1.29 is 10.1 Å². The van der Waals surface area contributed by atoms with E-state index in [1.807, 2.05) is 13.8 Å². The fourth-order valence-electron chi connectivity index (χ4n) is 0.311. The minimum Gasteiger partial charge on any atom is -0.197 e. The molecule has 0 bridgehead atoms. The molecule has 2 nitrogen and oxygen atoms in total. The first kappa shape index (κ1) is 7.92. The zero-order chi connectivity index (χ0) is 6.62. The molecule has 2 heteroatoms. The molecule has 0 N–H and O–H groups in total. The van der Waals surface area contributed by atoms with Gasteiger partial charge < -0.3 is 0 Å². The Morgan fingerprint density at radius 2 is 2.25 bits per heavy atom. The number of hydrogen-bond acceptors (Lipinski definition) is 1. The average Bonchev–Trinajstić information content (AvgIpc) is 1.87. The van der Waals surface area contributed by atoms with E-state index in [0.717, 1.165) is 6.42 Å². The Bertz CT molecular complexity index is 49.3. The molecular weight excluding hydrogens is 104 g/mol. The molecule has 0 aromatic carbocycles. The van der Waals surface area contributed by atoms with Gasteiger partial charge in [-0.15, -0.1) is 0 Å². The summed E-state index contributed by atoms with van der Waals surface area (Å²) in [6.07, 6.45) is 2.49. The van der Waals surface area contributed by atoms with Crippen molar-refractivity contribution in [2.24, 2.45) is 0 Å². The Balaban J connectivity index is 3.58. The molecule has 0 aliphatic rings. The topological polar surface area (TPSA) is 29.1 Å². The molecule has 0 amide bonds. The maximum Gasteiger partial charge on any atom is 0.107 e. The molecule has 0 heterocycles. The third-order valence-corrected chi connectivity index (χ3v) is 1.50. The fourth-order valence-corrected chi connectivity index (χ4v) is 0.311. The zero-order valence-electron chi connectivity index (χ0n) is 5.60. The van der Waals surface area contributed by atoms with Crippen LogP contribution < -0.4 is 0 Å². The molecule has 48 valence electrons. The van der Waals surface area contributed by atoms with Gasteiger partial charge in [-0.2, -0.15) is 4.89 Å². The molecular formula is C6H12O2. The lowest BCUT2D eigenvalue weighted by Gasteiger charge is -2.19. The summed E-state index contributed by atoms with van der Waals surface area (Å²) in [5, 5.41) is 9.88. The van der Waals surface area contributed by atoms with Gasteiger partial charge in [-0.25, -0.2) is 0 Å². The van der Waals surface area contributed by atoms with E-state index in [9.17, 15) is 5.26 Å². The van der Waals surface area contributed by atoms with Gasteiger partial charge in [-0.1, -0.05) is 13.8 Å². The molecule has 0 fully saturated rings. The van der Waals surface area contributed by atoms with Gasteiger partial charge in [0, 0.05) is 0 Å². The summed E-state index contributed by atoms with van der Waals surface area (Å²) in [5.74, 6) is 0. The second-order valence-electron chi connectivity index (χ2n) is 2.04. The van der Waals surface area contributed by atoms with Crippen molar-refractivity contribution >= 4 is 0 Å². The lowest BCUT2D eigenvalue weighted by Crippen LogP contribution is -2.24. The molecule has 0 saturated heterocycles. The third-order valence-electron chi connectivity index (χ3n) is 1.50. The minimum atomic E-state index is -0.556. The van der Waals surface area contributed by atoms with Crippen LogP contribution in [0.25, 0.3) is 0 Å². The summed E-state index contributed by atoms with van der Waals surface area (Å²) in [6.45, 7) is 5.50. The van der Waals surface area contributed by atoms with E-state index in [4.69, 9.17) is 0 Å². The van der Waals surface area contributed by atoms with Gasteiger partial charge in [0.2, 0.25) is 0 Å². The molecule has 0 spiro atoms. The highest BCUT2D eigenvalue weighted by Crippen LogP contribution is 2.16. The highest BCUT2D eigenvalue weighted by Gasteiger charge is 2.20. The Labute approximate surface area is 50.4 Å². The van der Waals surface area contributed by atoms with Gasteiger partial charge in [-0.3, -0.25) is 0 Å². The van der Waals surface area contributed by atoms with Gasteiger partial charge in [0.15, 0.2) is 0 Å². The van der Waals surface area contributed by atoms with Crippen LogP contribution in [0.3, 0.4) is 0 Å². The van der Waals surface area contributed by atoms with E-state index >= 15 is 0 Å². The van der Waals surface area contributed by atoms with Crippen LogP contribution >= 0.6 is 0 Å². The van der Waals surface area contributed by atoms with Crippen LogP contribution in [-0.4, -0.2) is 5.60 Å². The number of hydrogen-bond donors (Lipinski definition) is 0. The zero-order valence-corrected chi connectivity index (χ0v) is 5.60. The van der Waals surface area contributed by atoms with Crippen LogP contribution in [-0.2, 0) is 10.1 Å². The molecule has 0 aliphatic heterocycles. The second-order valence-corrected chi connectivity index (χ2v) is 2.04. The highest BCUT2D eigenvalue weighted by atomic mass is 17.1. The summed E-state index contributed by atoms with van der Waals surface area (Å²) in [5.41, 5.74) is -0.556. The van der Waals surface area contributed by atoms with E-state index in [2.05, 4.69) is 4.89 Å². The first-order valence-corrected chi connectivity index (χ1v) is 2.80. The van der Waals surface area contributed by atoms with E-state index in [1.165, 1.54) is 0 Å². The lowest BCUT2D eigenvalue weighted by molar-refractivity contribution is -0.360. The van der Waals surface area contributed by atoms with Gasteiger partial charge in [0.1, 0.15) is 5.60 Å². The molecule has 0 aromatic rings. The Hall–Kier alpha value is -0.0800. The predicted octanol–water partition coefficient (Wildman–Crippen LogP) is 1.74. The molecule has 0 rings (SSSR count). The Morgan fingerprint density at radius 1 is 1.75 bits per heavy atom. The largest absolute Gasteiger partial charge is 0.197 e. The van der Waals surface area contributed by atoms with Crippen molar-refractivity contribution in [1.82, 2.24) is 0 Å². The molecule has 8 heavy (non-hydrogen) atoms. The third kappa shape index (κ3) is 1.80. The maximum absolute atomic E-state index is 9.88. The van der Waals surface area contributed by atoms with Crippen LogP contribution in [0.2, 0.25) is 0 Å². The Kier molecular flexibility index (Phi) is 3.02. The van der Waals surface area contributed by atoms with E-state index in [0.29, 0.717) is 0 Å². The lowest BCUT2D eigenvalue weighted by atomic mass is 10.0. The van der Waals surface area contributed by atoms with E-state index in [1.54, 1.807) is 13.3 Å². The van der Waals surface area contributed by atoms with Crippen LogP contribution in [0, 0.1) is 6.42 Å². The van der Waals surface area contributed by atoms with Crippen molar-refractivity contribution in [2.75, 3.05) is 0 Å². The van der Waals surface area contributed by atoms with Crippen LogP contribution in [0.1, 0.15) is 27.2 Å². The summed E-state index contributed by atoms with van der Waals surface area (Å²) >= 11 is 0. The monoisotopic (exact) mass is 116 g/mol. The normalized spacial score (nSPS) is 12.0. The van der Waals surface area contributed by atoms with Crippen LogP contribution in [0.15, 0.2) is 0 Å². The van der Waals surface area contributed by atoms with Crippen LogP contribution in [0.5, 0.6) is 0 Å². The maximum atomic E-state index is 9.88. The minimum absolute atomic E-state index is 0.556. The predicted molar refractivity (Wildman–Crippen MR) is 30.4 cm³/mol. The van der Waals surface area contributed by atoms with Crippen molar-refractivity contribution in [3.63, 3.8) is 0 Å². The van der Waals surface area contributed by atoms with Crippen LogP contribution in [0.4, 0.5) is 0 Å². The Morgan fingerprint density at radius 3 is 2.25 bits per heavy atom. The molecule has 1 atom stereocenters. The molecule has 1 unspecified atom stereocenters. The first-order chi connectivity index (χ1) is 3.68. The van der Waals surface area contributed by atoms with Gasteiger partial charge in [0.25, 0.3) is 0 Å². The average molecular weight is 116 g/mol. The number of rotatable bonds is 3. The van der Waals surface area contributed by atoms with Gasteiger partial charge in [-0.05, 0) is 25.0 Å². The second kappa shape index (κ2) is 3.05. The standard InChI is InChI=1S/C6H12O2/c1-4-6(3,5-2)8-7/h4H,5H2,1-3H3. The van der Waals surface area contributed by atoms with Crippen molar-refractivity contribution in [2.45, 2.75) is 32.8 Å². The van der Waals surface area contributed by atoms with Crippen molar-refractivity contribution in [3.05, 3.63) is 6.42 Å². The molecule has 2 radical (unpaired) electrons. The fraction of sp³-hybridized carbons (Fsp3) is 0.833. The molecule has 0 aromatic heterocycles. The van der Waals surface area contributed by atoms with Crippen molar-refractivity contribution in [1.29, 1.82) is 0 Å². The summed E-state index contributed by atoms with van der Waals surface area (Å²) < 4.78 is 0. The van der Waals surface area contributed by atoms with Gasteiger partial charge >= 0.3 is 0 Å².